The molecule has 0 bridgehead atoms. The lowest BCUT2D eigenvalue weighted by Crippen LogP contribution is -2.06. The molecular weight excluding hydrogens is 316 g/mol. The van der Waals surface area contributed by atoms with Crippen molar-refractivity contribution in [1.29, 1.82) is 0 Å². The smallest absolute Gasteiger partial charge is 0.137 e. The van der Waals surface area contributed by atoms with Gasteiger partial charge in [0, 0.05) is 30.7 Å². The van der Waals surface area contributed by atoms with Crippen LogP contribution in [-0.2, 0) is 18.8 Å². The lowest BCUT2D eigenvalue weighted by Gasteiger charge is -2.09. The number of hydrogen-bond donors (Lipinski definition) is 0. The third kappa shape index (κ3) is 3.27. The molecule has 5 heteroatoms. The fraction of sp³-hybridized carbons (Fsp3) is 0.308. The normalized spacial score (nSPS) is 10.6. The van der Waals surface area contributed by atoms with E-state index in [1.54, 1.807) is 6.20 Å². The molecule has 0 atom stereocenters. The van der Waals surface area contributed by atoms with Gasteiger partial charge in [0.05, 0.1) is 11.6 Å². The molecule has 0 aliphatic heterocycles. The highest BCUT2D eigenvalue weighted by molar-refractivity contribution is 9.08. The fourth-order valence-corrected chi connectivity index (χ4v) is 2.26. The van der Waals surface area contributed by atoms with E-state index in [4.69, 9.17) is 16.3 Å². The summed E-state index contributed by atoms with van der Waals surface area (Å²) in [6.07, 6.45) is 2.60. The lowest BCUT2D eigenvalue weighted by molar-refractivity contribution is 0.318. The molecule has 2 aromatic rings. The molecule has 0 unspecified atom stereocenters. The van der Waals surface area contributed by atoms with Crippen LogP contribution < -0.4 is 4.74 Å². The van der Waals surface area contributed by atoms with Crippen molar-refractivity contribution in [2.75, 3.05) is 6.61 Å². The van der Waals surface area contributed by atoms with Crippen molar-refractivity contribution in [2.24, 2.45) is 7.05 Å². The largest absolute Gasteiger partial charge is 0.492 e. The Kier molecular flexibility index (Phi) is 4.66. The van der Waals surface area contributed by atoms with E-state index in [-0.39, 0.29) is 0 Å². The third-order valence-electron chi connectivity index (χ3n) is 2.69. The number of benzene rings is 1. The maximum atomic E-state index is 6.14. The summed E-state index contributed by atoms with van der Waals surface area (Å²) in [4.78, 5) is 0. The van der Waals surface area contributed by atoms with Gasteiger partial charge in [0.2, 0.25) is 0 Å². The number of hydrogen-bond acceptors (Lipinski definition) is 2. The number of rotatable bonds is 5. The first kappa shape index (κ1) is 13.4. The van der Waals surface area contributed by atoms with Crippen LogP contribution >= 0.6 is 27.5 Å². The summed E-state index contributed by atoms with van der Waals surface area (Å²) < 4.78 is 7.52. The van der Waals surface area contributed by atoms with Crippen molar-refractivity contribution < 1.29 is 4.74 Å². The van der Waals surface area contributed by atoms with E-state index in [0.717, 1.165) is 28.8 Å². The summed E-state index contributed by atoms with van der Waals surface area (Å²) in [5, 5.41) is 5.56. The van der Waals surface area contributed by atoms with Gasteiger partial charge >= 0.3 is 0 Å². The first-order chi connectivity index (χ1) is 8.70. The zero-order chi connectivity index (χ0) is 13.0. The summed E-state index contributed by atoms with van der Waals surface area (Å²) in [7, 11) is 1.92. The molecule has 0 spiro atoms. The zero-order valence-corrected chi connectivity index (χ0v) is 12.4. The molecule has 1 aromatic carbocycles. The highest BCUT2D eigenvalue weighted by Gasteiger charge is 2.04. The minimum absolute atomic E-state index is 0.590. The van der Waals surface area contributed by atoms with Gasteiger partial charge in [-0.1, -0.05) is 33.6 Å². The molecule has 0 fully saturated rings. The second-order valence-corrected chi connectivity index (χ2v) is 4.91. The number of nitrogens with zero attached hydrogens (tertiary/aromatic N) is 2. The van der Waals surface area contributed by atoms with Gasteiger partial charge in [-0.3, -0.25) is 4.68 Å². The van der Waals surface area contributed by atoms with E-state index in [9.17, 15) is 0 Å². The van der Waals surface area contributed by atoms with Crippen LogP contribution in [0.15, 0.2) is 30.5 Å². The van der Waals surface area contributed by atoms with Gasteiger partial charge in [-0.15, -0.1) is 0 Å². The second kappa shape index (κ2) is 6.25. The van der Waals surface area contributed by atoms with E-state index in [1.807, 2.05) is 36.0 Å². The highest BCUT2D eigenvalue weighted by atomic mass is 79.9. The molecule has 0 N–H and O–H groups in total. The van der Waals surface area contributed by atoms with Gasteiger partial charge in [0.15, 0.2) is 0 Å². The predicted octanol–water partition coefficient (Wildman–Crippen LogP) is 3.59. The van der Waals surface area contributed by atoms with Gasteiger partial charge in [-0.05, 0) is 23.8 Å². The van der Waals surface area contributed by atoms with E-state index in [2.05, 4.69) is 21.0 Å². The summed E-state index contributed by atoms with van der Waals surface area (Å²) in [5.41, 5.74) is 2.28. The first-order valence-electron chi connectivity index (χ1n) is 5.65. The summed E-state index contributed by atoms with van der Waals surface area (Å²) in [6.45, 7) is 0.590. The Morgan fingerprint density at radius 1 is 1.39 bits per heavy atom. The Morgan fingerprint density at radius 3 is 2.83 bits per heavy atom. The van der Waals surface area contributed by atoms with Gasteiger partial charge in [-0.25, -0.2) is 0 Å². The van der Waals surface area contributed by atoms with Crippen LogP contribution in [0.2, 0.25) is 5.02 Å². The van der Waals surface area contributed by atoms with Crippen LogP contribution in [0.1, 0.15) is 11.3 Å². The Morgan fingerprint density at radius 2 is 2.22 bits per heavy atom. The molecule has 1 heterocycles. The molecule has 96 valence electrons. The maximum absolute atomic E-state index is 6.14. The van der Waals surface area contributed by atoms with E-state index in [0.29, 0.717) is 11.6 Å². The van der Waals surface area contributed by atoms with Crippen LogP contribution in [0.4, 0.5) is 0 Å². The Balaban J connectivity index is 1.92. The van der Waals surface area contributed by atoms with Crippen LogP contribution in [0.3, 0.4) is 0 Å². The van der Waals surface area contributed by atoms with Crippen LogP contribution in [0.5, 0.6) is 5.75 Å². The monoisotopic (exact) mass is 328 g/mol. The minimum Gasteiger partial charge on any atom is -0.492 e. The average Bonchev–Trinajstić information content (AvgIpc) is 2.77. The molecule has 18 heavy (non-hydrogen) atoms. The van der Waals surface area contributed by atoms with Crippen LogP contribution in [-0.4, -0.2) is 16.4 Å². The molecule has 3 nitrogen and oxygen atoms in total. The molecule has 2 rings (SSSR count). The standard InChI is InChI=1S/C13H14BrClN2O/c1-17-11(4-6-16-17)5-7-18-13-3-2-10(9-14)8-12(13)15/h2-4,6,8H,5,7,9H2,1H3. The van der Waals surface area contributed by atoms with E-state index in [1.165, 1.54) is 0 Å². The number of aromatic nitrogens is 2. The SMILES string of the molecule is Cn1nccc1CCOc1ccc(CBr)cc1Cl. The minimum atomic E-state index is 0.590. The van der Waals surface area contributed by atoms with Gasteiger partial charge < -0.3 is 4.74 Å². The summed E-state index contributed by atoms with van der Waals surface area (Å²) >= 11 is 9.53. The van der Waals surface area contributed by atoms with Crippen LogP contribution in [0, 0.1) is 0 Å². The fourth-order valence-electron chi connectivity index (χ4n) is 1.66. The Labute approximate surface area is 120 Å². The topological polar surface area (TPSA) is 27.1 Å². The summed E-state index contributed by atoms with van der Waals surface area (Å²) in [6, 6.07) is 7.80. The molecule has 0 aliphatic carbocycles. The maximum Gasteiger partial charge on any atom is 0.137 e. The Bertz CT molecular complexity index is 527. The molecule has 0 aliphatic rings. The van der Waals surface area contributed by atoms with Crippen molar-refractivity contribution in [3.63, 3.8) is 0 Å². The zero-order valence-electron chi connectivity index (χ0n) is 10.1. The predicted molar refractivity (Wildman–Crippen MR) is 76.5 cm³/mol. The van der Waals surface area contributed by atoms with Crippen molar-refractivity contribution in [1.82, 2.24) is 9.78 Å². The van der Waals surface area contributed by atoms with Gasteiger partial charge in [0.1, 0.15) is 5.75 Å². The van der Waals surface area contributed by atoms with Crippen LogP contribution in [0.25, 0.3) is 0 Å². The summed E-state index contributed by atoms with van der Waals surface area (Å²) in [5.74, 6) is 0.725. The van der Waals surface area contributed by atoms with E-state index < -0.39 is 0 Å². The third-order valence-corrected chi connectivity index (χ3v) is 3.63. The van der Waals surface area contributed by atoms with E-state index >= 15 is 0 Å². The first-order valence-corrected chi connectivity index (χ1v) is 7.14. The molecule has 0 saturated carbocycles. The molecular formula is C13H14BrClN2O. The Hall–Kier alpha value is -1.000. The molecule has 0 amide bonds. The van der Waals surface area contributed by atoms with Crippen molar-refractivity contribution in [3.05, 3.63) is 46.7 Å². The average molecular weight is 330 g/mol. The number of ether oxygens (including phenoxy) is 1. The molecule has 0 saturated heterocycles. The van der Waals surface area contributed by atoms with Gasteiger partial charge in [0.25, 0.3) is 0 Å². The number of alkyl halides is 1. The second-order valence-electron chi connectivity index (χ2n) is 3.94. The van der Waals surface area contributed by atoms with Crippen molar-refractivity contribution in [3.8, 4) is 5.75 Å². The molecule has 1 aromatic heterocycles. The lowest BCUT2D eigenvalue weighted by atomic mass is 10.2. The quantitative estimate of drug-likeness (QED) is 0.784. The van der Waals surface area contributed by atoms with Crippen molar-refractivity contribution in [2.45, 2.75) is 11.8 Å². The number of aryl methyl sites for hydroxylation is 1. The molecule has 0 radical (unpaired) electrons. The highest BCUT2D eigenvalue weighted by Crippen LogP contribution is 2.26. The van der Waals surface area contributed by atoms with Crippen molar-refractivity contribution >= 4 is 27.5 Å². The number of halogens is 2. The van der Waals surface area contributed by atoms with Gasteiger partial charge in [-0.2, -0.15) is 5.10 Å².